The largest absolute Gasteiger partial charge is 0.391 e. The molecule has 0 saturated carbocycles. The molecule has 1 aromatic carbocycles. The number of fused-ring (bicyclic) bond motifs is 1. The van der Waals surface area contributed by atoms with Gasteiger partial charge >= 0.3 is 0 Å². The van der Waals surface area contributed by atoms with Crippen LogP contribution in [0.15, 0.2) is 30.5 Å². The van der Waals surface area contributed by atoms with E-state index in [-0.39, 0.29) is 6.04 Å². The van der Waals surface area contributed by atoms with Crippen molar-refractivity contribution in [2.24, 2.45) is 0 Å². The van der Waals surface area contributed by atoms with Gasteiger partial charge in [0, 0.05) is 50.0 Å². The minimum Gasteiger partial charge on any atom is -0.391 e. The highest BCUT2D eigenvalue weighted by Gasteiger charge is 2.34. The maximum Gasteiger partial charge on any atom is 0.227 e. The van der Waals surface area contributed by atoms with Crippen LogP contribution in [-0.2, 0) is 17.8 Å². The van der Waals surface area contributed by atoms with Crippen LogP contribution >= 0.6 is 0 Å². The zero-order chi connectivity index (χ0) is 18.8. The summed E-state index contributed by atoms with van der Waals surface area (Å²) < 4.78 is 0. The third-order valence-corrected chi connectivity index (χ3v) is 5.43. The van der Waals surface area contributed by atoms with Crippen molar-refractivity contribution in [3.8, 4) is 0 Å². The number of nitrogens with zero attached hydrogens (tertiary/aromatic N) is 4. The fourth-order valence-electron chi connectivity index (χ4n) is 3.93. The highest BCUT2D eigenvalue weighted by atomic mass is 16.3. The van der Waals surface area contributed by atoms with Crippen LogP contribution < -0.4 is 5.32 Å². The maximum atomic E-state index is 11.1. The summed E-state index contributed by atoms with van der Waals surface area (Å²) in [4.78, 5) is 24.3. The Labute approximate surface area is 159 Å². The zero-order valence-corrected chi connectivity index (χ0v) is 15.5. The quantitative estimate of drug-likeness (QED) is 0.797. The minimum atomic E-state index is -0.397. The molecule has 1 fully saturated rings. The molecular formula is C20H25N5O2. The molecule has 2 aliphatic heterocycles. The molecule has 0 aliphatic carbocycles. The summed E-state index contributed by atoms with van der Waals surface area (Å²) in [7, 11) is 0. The van der Waals surface area contributed by atoms with E-state index >= 15 is 0 Å². The lowest BCUT2D eigenvalue weighted by atomic mass is 9.97. The average Bonchev–Trinajstić information content (AvgIpc) is 2.68. The monoisotopic (exact) mass is 367 g/mol. The fourth-order valence-corrected chi connectivity index (χ4v) is 3.93. The van der Waals surface area contributed by atoms with E-state index in [4.69, 9.17) is 0 Å². The smallest absolute Gasteiger partial charge is 0.227 e. The van der Waals surface area contributed by atoms with E-state index in [0.29, 0.717) is 32.0 Å². The second-order valence-corrected chi connectivity index (χ2v) is 7.40. The second-order valence-electron chi connectivity index (χ2n) is 7.40. The van der Waals surface area contributed by atoms with E-state index in [1.165, 1.54) is 5.56 Å². The number of nitrogens with one attached hydrogen (secondary N) is 1. The predicted octanol–water partition coefficient (Wildman–Crippen LogP) is 1.48. The van der Waals surface area contributed by atoms with Crippen molar-refractivity contribution in [3.63, 3.8) is 0 Å². The number of hydrogen-bond donors (Lipinski definition) is 2. The molecule has 1 aromatic heterocycles. The number of aryl methyl sites for hydroxylation is 1. The highest BCUT2D eigenvalue weighted by Crippen LogP contribution is 2.24. The molecule has 2 N–H and O–H groups in total. The molecule has 1 amide bonds. The number of carbonyl (C=O) groups excluding carboxylic acids is 1. The summed E-state index contributed by atoms with van der Waals surface area (Å²) in [5.41, 5.74) is 4.30. The lowest BCUT2D eigenvalue weighted by molar-refractivity contribution is -0.122. The molecule has 4 rings (SSSR count). The molecule has 2 unspecified atom stereocenters. The molecule has 2 atom stereocenters. The molecule has 2 aromatic rings. The molecule has 0 bridgehead atoms. The first-order valence-electron chi connectivity index (χ1n) is 9.42. The molecule has 142 valence electrons. The van der Waals surface area contributed by atoms with Gasteiger partial charge in [-0.3, -0.25) is 9.69 Å². The van der Waals surface area contributed by atoms with E-state index in [1.807, 2.05) is 18.3 Å². The van der Waals surface area contributed by atoms with Gasteiger partial charge in [-0.05, 0) is 31.0 Å². The molecule has 0 radical (unpaired) electrons. The molecule has 7 heteroatoms. The van der Waals surface area contributed by atoms with Crippen molar-refractivity contribution >= 4 is 18.0 Å². The van der Waals surface area contributed by atoms with Crippen molar-refractivity contribution in [2.75, 3.05) is 25.0 Å². The molecule has 2 aliphatic rings. The van der Waals surface area contributed by atoms with E-state index < -0.39 is 6.10 Å². The molecule has 1 saturated heterocycles. The summed E-state index contributed by atoms with van der Waals surface area (Å²) in [5.74, 6) is 0.609. The third-order valence-electron chi connectivity index (χ3n) is 5.43. The van der Waals surface area contributed by atoms with Crippen LogP contribution in [-0.4, -0.2) is 63.1 Å². The van der Waals surface area contributed by atoms with Crippen LogP contribution in [0.3, 0.4) is 0 Å². The Hall–Kier alpha value is -2.51. The number of aliphatic hydroxyl groups excluding tert-OH is 1. The van der Waals surface area contributed by atoms with Gasteiger partial charge in [0.25, 0.3) is 0 Å². The lowest BCUT2D eigenvalue weighted by Gasteiger charge is -2.42. The minimum absolute atomic E-state index is 0.0257. The number of aromatic nitrogens is 2. The van der Waals surface area contributed by atoms with E-state index in [1.54, 1.807) is 4.90 Å². The van der Waals surface area contributed by atoms with Gasteiger partial charge in [0.05, 0.1) is 17.8 Å². The van der Waals surface area contributed by atoms with Crippen molar-refractivity contribution in [1.82, 2.24) is 19.8 Å². The van der Waals surface area contributed by atoms with Crippen molar-refractivity contribution in [3.05, 3.63) is 47.3 Å². The summed E-state index contributed by atoms with van der Waals surface area (Å²) in [5, 5.41) is 13.7. The normalized spacial score (nSPS) is 23.0. The van der Waals surface area contributed by atoms with E-state index in [0.717, 1.165) is 36.3 Å². The van der Waals surface area contributed by atoms with Gasteiger partial charge in [-0.25, -0.2) is 9.97 Å². The van der Waals surface area contributed by atoms with Gasteiger partial charge in [-0.15, -0.1) is 0 Å². The predicted molar refractivity (Wildman–Crippen MR) is 103 cm³/mol. The molecule has 7 nitrogen and oxygen atoms in total. The summed E-state index contributed by atoms with van der Waals surface area (Å²) in [6.45, 7) is 4.78. The molecule has 27 heavy (non-hydrogen) atoms. The number of benzene rings is 1. The summed E-state index contributed by atoms with van der Waals surface area (Å²) in [6.07, 6.45) is 3.79. The Morgan fingerprint density at radius 2 is 2.22 bits per heavy atom. The summed E-state index contributed by atoms with van der Waals surface area (Å²) in [6, 6.07) is 8.10. The van der Waals surface area contributed by atoms with Gasteiger partial charge in [0.15, 0.2) is 0 Å². The van der Waals surface area contributed by atoms with Crippen LogP contribution in [0.5, 0.6) is 0 Å². The number of anilines is 2. The Kier molecular flexibility index (Phi) is 5.05. The number of aliphatic hydroxyl groups is 1. The third kappa shape index (κ3) is 3.94. The molecule has 3 heterocycles. The molecule has 0 spiro atoms. The topological polar surface area (TPSA) is 81.6 Å². The van der Waals surface area contributed by atoms with E-state index in [2.05, 4.69) is 39.2 Å². The zero-order valence-electron chi connectivity index (χ0n) is 15.5. The van der Waals surface area contributed by atoms with Crippen molar-refractivity contribution < 1.29 is 9.90 Å². The standard InChI is InChI=1S/C20H25N5O2/c1-14-3-2-4-16(9-14)22-20-21-10-15-11-25(8-5-17(15)23-20)18-12-24(13-26)7-6-19(18)27/h2-4,9-10,13,18-19,27H,5-8,11-12H2,1H3,(H,21,22,23). The average molecular weight is 367 g/mol. The lowest BCUT2D eigenvalue weighted by Crippen LogP contribution is -2.55. The van der Waals surface area contributed by atoms with Crippen molar-refractivity contribution in [2.45, 2.75) is 38.5 Å². The number of amides is 1. The van der Waals surface area contributed by atoms with Crippen molar-refractivity contribution in [1.29, 1.82) is 0 Å². The fraction of sp³-hybridized carbons (Fsp3) is 0.450. The number of carbonyl (C=O) groups is 1. The van der Waals surface area contributed by atoms with Gasteiger partial charge in [0.2, 0.25) is 12.4 Å². The Balaban J connectivity index is 1.47. The Morgan fingerprint density at radius 1 is 1.33 bits per heavy atom. The number of piperidine rings is 1. The maximum absolute atomic E-state index is 11.1. The Bertz CT molecular complexity index is 828. The van der Waals surface area contributed by atoms with Gasteiger partial charge in [-0.1, -0.05) is 12.1 Å². The van der Waals surface area contributed by atoms with Crippen LogP contribution in [0.1, 0.15) is 23.2 Å². The second kappa shape index (κ2) is 7.62. The summed E-state index contributed by atoms with van der Waals surface area (Å²) >= 11 is 0. The number of hydrogen-bond acceptors (Lipinski definition) is 6. The first kappa shape index (κ1) is 17.9. The number of likely N-dealkylation sites (tertiary alicyclic amines) is 1. The molecular weight excluding hydrogens is 342 g/mol. The van der Waals surface area contributed by atoms with Crippen LogP contribution in [0.4, 0.5) is 11.6 Å². The van der Waals surface area contributed by atoms with E-state index in [9.17, 15) is 9.90 Å². The van der Waals surface area contributed by atoms with Gasteiger partial charge in [-0.2, -0.15) is 0 Å². The van der Waals surface area contributed by atoms with Crippen LogP contribution in [0.25, 0.3) is 0 Å². The Morgan fingerprint density at radius 3 is 3.04 bits per heavy atom. The first-order valence-corrected chi connectivity index (χ1v) is 9.42. The SMILES string of the molecule is Cc1cccc(Nc2ncc3c(n2)CCN(C2CN(C=O)CCC2O)C3)c1. The van der Waals surface area contributed by atoms with Gasteiger partial charge in [0.1, 0.15) is 0 Å². The number of rotatable bonds is 4. The van der Waals surface area contributed by atoms with Crippen LogP contribution in [0, 0.1) is 6.92 Å². The van der Waals surface area contributed by atoms with Gasteiger partial charge < -0.3 is 15.3 Å². The highest BCUT2D eigenvalue weighted by molar-refractivity contribution is 5.54. The van der Waals surface area contributed by atoms with Crippen LogP contribution in [0.2, 0.25) is 0 Å². The first-order chi connectivity index (χ1) is 13.1.